The number of thiophene rings is 1. The first-order chi connectivity index (χ1) is 13.9. The molecule has 2 N–H and O–H groups in total. The van der Waals surface area contributed by atoms with Gasteiger partial charge in [0.15, 0.2) is 0 Å². The molecule has 29 heavy (non-hydrogen) atoms. The van der Waals surface area contributed by atoms with E-state index < -0.39 is 10.0 Å². The fraction of sp³-hybridized carbons (Fsp3) is 0.167. The predicted octanol–water partition coefficient (Wildman–Crippen LogP) is 2.24. The molecular formula is C18H16N4O4S3. The van der Waals surface area contributed by atoms with Gasteiger partial charge in [-0.1, -0.05) is 12.1 Å². The first-order valence-electron chi connectivity index (χ1n) is 8.61. The molecule has 1 aromatic carbocycles. The molecule has 4 rings (SSSR count). The molecule has 8 nitrogen and oxygen atoms in total. The number of aromatic nitrogens is 1. The number of carbonyl (C=O) groups excluding carboxylic acids is 2. The maximum Gasteiger partial charge on any atom is 0.267 e. The lowest BCUT2D eigenvalue weighted by atomic mass is 10.3. The summed E-state index contributed by atoms with van der Waals surface area (Å²) in [5.41, 5.74) is 0.351. The van der Waals surface area contributed by atoms with E-state index in [1.165, 1.54) is 41.0 Å². The van der Waals surface area contributed by atoms with Crippen LogP contribution in [0.2, 0.25) is 0 Å². The van der Waals surface area contributed by atoms with E-state index in [2.05, 4.69) is 15.6 Å². The van der Waals surface area contributed by atoms with Crippen LogP contribution in [0.25, 0.3) is 9.88 Å². The summed E-state index contributed by atoms with van der Waals surface area (Å²) in [6.07, 6.45) is 1.50. The Morgan fingerprint density at radius 3 is 2.86 bits per heavy atom. The van der Waals surface area contributed by atoms with Crippen molar-refractivity contribution in [3.05, 3.63) is 52.9 Å². The van der Waals surface area contributed by atoms with Gasteiger partial charge >= 0.3 is 0 Å². The van der Waals surface area contributed by atoms with Crippen molar-refractivity contribution in [2.75, 3.05) is 25.0 Å². The highest BCUT2D eigenvalue weighted by atomic mass is 32.2. The van der Waals surface area contributed by atoms with Crippen LogP contribution in [0.15, 0.2) is 52.9 Å². The number of amides is 2. The number of hydrogen-bond donors (Lipinski definition) is 2. The topological polar surface area (TPSA) is 108 Å². The maximum atomic E-state index is 12.8. The summed E-state index contributed by atoms with van der Waals surface area (Å²) in [4.78, 5) is 29.8. The second kappa shape index (κ2) is 8.03. The van der Waals surface area contributed by atoms with E-state index in [4.69, 9.17) is 0 Å². The zero-order chi connectivity index (χ0) is 20.4. The molecule has 150 valence electrons. The smallest absolute Gasteiger partial charge is 0.267 e. The third-order valence-electron chi connectivity index (χ3n) is 4.19. The summed E-state index contributed by atoms with van der Waals surface area (Å²) in [6.45, 7) is 0.259. The second-order valence-electron chi connectivity index (χ2n) is 6.18. The number of rotatable bonds is 5. The molecule has 2 amide bonds. The highest BCUT2D eigenvalue weighted by molar-refractivity contribution is 7.89. The zero-order valence-corrected chi connectivity index (χ0v) is 17.4. The second-order valence-corrected chi connectivity index (χ2v) is 10.1. The van der Waals surface area contributed by atoms with E-state index in [0.29, 0.717) is 10.6 Å². The Morgan fingerprint density at radius 2 is 2.10 bits per heavy atom. The number of hydrogen-bond acceptors (Lipinski definition) is 7. The van der Waals surface area contributed by atoms with Crippen molar-refractivity contribution in [3.8, 4) is 9.88 Å². The van der Waals surface area contributed by atoms with Gasteiger partial charge < -0.3 is 10.6 Å². The number of benzene rings is 1. The van der Waals surface area contributed by atoms with Crippen LogP contribution in [-0.2, 0) is 14.8 Å². The van der Waals surface area contributed by atoms with Gasteiger partial charge in [0.25, 0.3) is 5.91 Å². The number of anilines is 1. The Balaban J connectivity index is 1.52. The first kappa shape index (κ1) is 19.7. The van der Waals surface area contributed by atoms with Crippen molar-refractivity contribution in [1.82, 2.24) is 14.6 Å². The SMILES string of the molecule is O=C1CN(S(=O)(=O)c2cccc(NC(=O)c3cnc(-c4cccs4)s3)c2)CCN1. The number of nitrogens with one attached hydrogen (secondary N) is 2. The molecule has 3 aromatic rings. The summed E-state index contributed by atoms with van der Waals surface area (Å²) in [5, 5.41) is 8.00. The fourth-order valence-electron chi connectivity index (χ4n) is 2.79. The van der Waals surface area contributed by atoms with Gasteiger partial charge in [-0.3, -0.25) is 9.59 Å². The molecule has 1 aliphatic heterocycles. The van der Waals surface area contributed by atoms with Crippen LogP contribution in [0, 0.1) is 0 Å². The highest BCUT2D eigenvalue weighted by Gasteiger charge is 2.29. The molecule has 2 aromatic heterocycles. The minimum atomic E-state index is -3.83. The van der Waals surface area contributed by atoms with E-state index in [-0.39, 0.29) is 36.3 Å². The van der Waals surface area contributed by atoms with Crippen molar-refractivity contribution in [1.29, 1.82) is 0 Å². The molecule has 3 heterocycles. The van der Waals surface area contributed by atoms with Gasteiger partial charge in [0, 0.05) is 18.8 Å². The van der Waals surface area contributed by atoms with Crippen molar-refractivity contribution in [3.63, 3.8) is 0 Å². The number of thiazole rings is 1. The molecular weight excluding hydrogens is 432 g/mol. The molecule has 0 bridgehead atoms. The van der Waals surface area contributed by atoms with Gasteiger partial charge in [-0.15, -0.1) is 22.7 Å². The highest BCUT2D eigenvalue weighted by Crippen LogP contribution is 2.29. The van der Waals surface area contributed by atoms with Gasteiger partial charge in [0.1, 0.15) is 9.88 Å². The molecule has 11 heteroatoms. The van der Waals surface area contributed by atoms with Gasteiger partial charge in [-0.05, 0) is 29.6 Å². The molecule has 1 fully saturated rings. The monoisotopic (exact) mass is 448 g/mol. The Morgan fingerprint density at radius 1 is 1.24 bits per heavy atom. The lowest BCUT2D eigenvalue weighted by Crippen LogP contribution is -2.49. The number of nitrogens with zero attached hydrogens (tertiary/aromatic N) is 2. The van der Waals surface area contributed by atoms with Gasteiger partial charge in [-0.25, -0.2) is 13.4 Å². The average Bonchev–Trinajstić information content (AvgIpc) is 3.40. The van der Waals surface area contributed by atoms with Crippen LogP contribution in [0.3, 0.4) is 0 Å². The van der Waals surface area contributed by atoms with Crippen molar-refractivity contribution in [2.45, 2.75) is 4.90 Å². The van der Waals surface area contributed by atoms with Crippen LogP contribution in [-0.4, -0.2) is 49.2 Å². The van der Waals surface area contributed by atoms with Crippen LogP contribution in [0.5, 0.6) is 0 Å². The Bertz CT molecular complexity index is 1160. The Labute approximate surface area is 175 Å². The minimum Gasteiger partial charge on any atom is -0.354 e. The quantitative estimate of drug-likeness (QED) is 0.622. The molecule has 1 aliphatic rings. The summed E-state index contributed by atoms with van der Waals surface area (Å²) < 4.78 is 26.7. The summed E-state index contributed by atoms with van der Waals surface area (Å²) in [7, 11) is -3.83. The van der Waals surface area contributed by atoms with Gasteiger partial charge in [0.05, 0.1) is 22.5 Å². The lowest BCUT2D eigenvalue weighted by molar-refractivity contribution is -0.122. The van der Waals surface area contributed by atoms with Gasteiger partial charge in [0.2, 0.25) is 15.9 Å². The Kier molecular flexibility index (Phi) is 5.46. The predicted molar refractivity (Wildman–Crippen MR) is 112 cm³/mol. The van der Waals surface area contributed by atoms with Crippen LogP contribution in [0.1, 0.15) is 9.67 Å². The molecule has 0 saturated carbocycles. The third kappa shape index (κ3) is 4.22. The summed E-state index contributed by atoms with van der Waals surface area (Å²) in [6, 6.07) is 9.84. The first-order valence-corrected chi connectivity index (χ1v) is 11.7. The van der Waals surface area contributed by atoms with E-state index >= 15 is 0 Å². The summed E-state index contributed by atoms with van der Waals surface area (Å²) >= 11 is 2.81. The average molecular weight is 449 g/mol. The van der Waals surface area contributed by atoms with Crippen molar-refractivity contribution >= 4 is 50.2 Å². The Hall–Kier alpha value is -2.60. The number of sulfonamides is 1. The molecule has 1 saturated heterocycles. The molecule has 0 unspecified atom stereocenters. The van der Waals surface area contributed by atoms with E-state index in [0.717, 1.165) is 14.2 Å². The summed E-state index contributed by atoms with van der Waals surface area (Å²) in [5.74, 6) is -0.701. The largest absolute Gasteiger partial charge is 0.354 e. The van der Waals surface area contributed by atoms with Gasteiger partial charge in [-0.2, -0.15) is 4.31 Å². The number of piperazine rings is 1. The van der Waals surface area contributed by atoms with Crippen molar-refractivity contribution in [2.24, 2.45) is 0 Å². The van der Waals surface area contributed by atoms with Crippen LogP contribution < -0.4 is 10.6 Å². The van der Waals surface area contributed by atoms with E-state index in [1.54, 1.807) is 12.1 Å². The van der Waals surface area contributed by atoms with Crippen LogP contribution in [0.4, 0.5) is 5.69 Å². The number of carbonyl (C=O) groups is 2. The van der Waals surface area contributed by atoms with Crippen LogP contribution >= 0.6 is 22.7 Å². The minimum absolute atomic E-state index is 0.0218. The van der Waals surface area contributed by atoms with Crippen molar-refractivity contribution < 1.29 is 18.0 Å². The normalized spacial score (nSPS) is 15.1. The maximum absolute atomic E-state index is 12.8. The molecule has 0 radical (unpaired) electrons. The molecule has 0 spiro atoms. The zero-order valence-electron chi connectivity index (χ0n) is 15.0. The van der Waals surface area contributed by atoms with E-state index in [9.17, 15) is 18.0 Å². The van der Waals surface area contributed by atoms with E-state index in [1.807, 2.05) is 17.5 Å². The third-order valence-corrected chi connectivity index (χ3v) is 8.07. The lowest BCUT2D eigenvalue weighted by Gasteiger charge is -2.26. The molecule has 0 atom stereocenters. The fourth-order valence-corrected chi connectivity index (χ4v) is 5.85. The molecule has 0 aliphatic carbocycles. The standard InChI is InChI=1S/C18H16N4O4S3/c23-16-11-22(7-6-19-16)29(25,26)13-4-1-3-12(9-13)21-17(24)15-10-20-18(28-15)14-5-2-8-27-14/h1-5,8-10H,6-7,11H2,(H,19,23)(H,21,24).